The standard InChI is InChI=1S/C7H12F2/c1-5-2-6(8)4-7(9)3-5/h5-7H,2-4H2,1H3/t5?,6-,7?/m1/s1. The summed E-state index contributed by atoms with van der Waals surface area (Å²) in [6, 6.07) is 0. The Kier molecular flexibility index (Phi) is 2.04. The third kappa shape index (κ3) is 1.92. The minimum Gasteiger partial charge on any atom is -0.247 e. The van der Waals surface area contributed by atoms with Gasteiger partial charge >= 0.3 is 0 Å². The van der Waals surface area contributed by atoms with Crippen molar-refractivity contribution in [3.05, 3.63) is 0 Å². The van der Waals surface area contributed by atoms with Gasteiger partial charge in [-0.25, -0.2) is 8.78 Å². The van der Waals surface area contributed by atoms with E-state index in [9.17, 15) is 8.78 Å². The molecule has 9 heavy (non-hydrogen) atoms. The Labute approximate surface area is 54.3 Å². The second-order valence-corrected chi connectivity index (χ2v) is 3.01. The van der Waals surface area contributed by atoms with E-state index >= 15 is 0 Å². The fraction of sp³-hybridized carbons (Fsp3) is 1.00. The van der Waals surface area contributed by atoms with E-state index in [1.54, 1.807) is 0 Å². The van der Waals surface area contributed by atoms with Crippen LogP contribution in [-0.2, 0) is 0 Å². The Bertz CT molecular complexity index is 67.9. The fourth-order valence-electron chi connectivity index (χ4n) is 1.44. The summed E-state index contributed by atoms with van der Waals surface area (Å²) >= 11 is 0. The molecule has 0 aromatic rings. The Hall–Kier alpha value is -0.140. The maximum atomic E-state index is 12.4. The van der Waals surface area contributed by atoms with E-state index in [-0.39, 0.29) is 12.3 Å². The third-order valence-corrected chi connectivity index (χ3v) is 1.83. The van der Waals surface area contributed by atoms with E-state index in [4.69, 9.17) is 0 Å². The van der Waals surface area contributed by atoms with Crippen LogP contribution in [0, 0.1) is 5.92 Å². The predicted molar refractivity (Wildman–Crippen MR) is 32.8 cm³/mol. The van der Waals surface area contributed by atoms with Gasteiger partial charge in [-0.1, -0.05) is 6.92 Å². The van der Waals surface area contributed by atoms with Crippen molar-refractivity contribution in [3.63, 3.8) is 0 Å². The topological polar surface area (TPSA) is 0 Å². The van der Waals surface area contributed by atoms with E-state index in [0.717, 1.165) is 0 Å². The van der Waals surface area contributed by atoms with Gasteiger partial charge in [-0.2, -0.15) is 0 Å². The van der Waals surface area contributed by atoms with Crippen molar-refractivity contribution in [2.24, 2.45) is 5.92 Å². The summed E-state index contributed by atoms with van der Waals surface area (Å²) in [5.41, 5.74) is 0. The second-order valence-electron chi connectivity index (χ2n) is 3.01. The van der Waals surface area contributed by atoms with Gasteiger partial charge in [0.15, 0.2) is 0 Å². The Morgan fingerprint density at radius 3 is 1.78 bits per heavy atom. The second kappa shape index (κ2) is 2.63. The smallest absolute Gasteiger partial charge is 0.103 e. The van der Waals surface area contributed by atoms with Crippen LogP contribution in [0.25, 0.3) is 0 Å². The Balaban J connectivity index is 2.34. The summed E-state index contributed by atoms with van der Waals surface area (Å²) in [6.45, 7) is 1.90. The van der Waals surface area contributed by atoms with E-state index in [1.165, 1.54) is 0 Å². The molecule has 0 radical (unpaired) electrons. The SMILES string of the molecule is CC1CC(F)C[C@H](F)C1. The molecule has 0 spiro atoms. The van der Waals surface area contributed by atoms with Gasteiger partial charge in [0.1, 0.15) is 12.3 Å². The summed E-state index contributed by atoms with van der Waals surface area (Å²) in [5.74, 6) is 0.240. The first-order valence-electron chi connectivity index (χ1n) is 3.46. The molecule has 1 aliphatic rings. The van der Waals surface area contributed by atoms with Crippen LogP contribution in [0.15, 0.2) is 0 Å². The van der Waals surface area contributed by atoms with Crippen LogP contribution in [0.5, 0.6) is 0 Å². The molecule has 0 saturated heterocycles. The van der Waals surface area contributed by atoms with Crippen LogP contribution >= 0.6 is 0 Å². The van der Waals surface area contributed by atoms with Crippen molar-refractivity contribution in [2.45, 2.75) is 38.5 Å². The minimum atomic E-state index is -0.885. The molecule has 0 bridgehead atoms. The van der Waals surface area contributed by atoms with E-state index in [2.05, 4.69) is 0 Å². The first-order valence-corrected chi connectivity index (χ1v) is 3.46. The molecule has 0 nitrogen and oxygen atoms in total. The fourth-order valence-corrected chi connectivity index (χ4v) is 1.44. The maximum absolute atomic E-state index is 12.4. The molecular formula is C7H12F2. The number of alkyl halides is 2. The molecule has 1 rings (SSSR count). The molecule has 1 fully saturated rings. The summed E-state index contributed by atoms with van der Waals surface area (Å²) in [5, 5.41) is 0. The first-order chi connectivity index (χ1) is 4.18. The lowest BCUT2D eigenvalue weighted by Gasteiger charge is -2.23. The van der Waals surface area contributed by atoms with Gasteiger partial charge in [0.05, 0.1) is 0 Å². The van der Waals surface area contributed by atoms with Crippen molar-refractivity contribution >= 4 is 0 Å². The number of hydrogen-bond donors (Lipinski definition) is 0. The van der Waals surface area contributed by atoms with Gasteiger partial charge in [0, 0.05) is 6.42 Å². The molecule has 0 amide bonds. The van der Waals surface area contributed by atoms with Gasteiger partial charge < -0.3 is 0 Å². The quantitative estimate of drug-likeness (QED) is 0.477. The van der Waals surface area contributed by atoms with Crippen LogP contribution < -0.4 is 0 Å². The highest BCUT2D eigenvalue weighted by atomic mass is 19.1. The monoisotopic (exact) mass is 134 g/mol. The highest BCUT2D eigenvalue weighted by molar-refractivity contribution is 4.75. The molecule has 0 N–H and O–H groups in total. The molecule has 2 heteroatoms. The summed E-state index contributed by atoms with van der Waals surface area (Å²) in [6.07, 6.45) is -0.530. The highest BCUT2D eigenvalue weighted by Gasteiger charge is 2.25. The molecule has 0 heterocycles. The molecule has 3 atom stereocenters. The highest BCUT2D eigenvalue weighted by Crippen LogP contribution is 2.27. The average molecular weight is 134 g/mol. The van der Waals surface area contributed by atoms with Gasteiger partial charge in [-0.3, -0.25) is 0 Å². The van der Waals surface area contributed by atoms with Gasteiger partial charge in [0.25, 0.3) is 0 Å². The zero-order valence-electron chi connectivity index (χ0n) is 5.61. The van der Waals surface area contributed by atoms with E-state index in [0.29, 0.717) is 12.8 Å². The van der Waals surface area contributed by atoms with Crippen molar-refractivity contribution < 1.29 is 8.78 Å². The zero-order valence-corrected chi connectivity index (χ0v) is 5.61. The van der Waals surface area contributed by atoms with Crippen LogP contribution in [0.4, 0.5) is 8.78 Å². The number of rotatable bonds is 0. The molecule has 1 saturated carbocycles. The van der Waals surface area contributed by atoms with E-state index < -0.39 is 12.3 Å². The lowest BCUT2D eigenvalue weighted by atomic mass is 9.88. The summed E-state index contributed by atoms with van der Waals surface area (Å²) < 4.78 is 24.9. The number of hydrogen-bond acceptors (Lipinski definition) is 0. The lowest BCUT2D eigenvalue weighted by molar-refractivity contribution is 0.123. The molecule has 1 aliphatic carbocycles. The molecule has 0 aromatic carbocycles. The van der Waals surface area contributed by atoms with Crippen molar-refractivity contribution in [2.75, 3.05) is 0 Å². The zero-order chi connectivity index (χ0) is 6.85. The first kappa shape index (κ1) is 6.97. The van der Waals surface area contributed by atoms with Gasteiger partial charge in [0.2, 0.25) is 0 Å². The largest absolute Gasteiger partial charge is 0.247 e. The number of halogens is 2. The maximum Gasteiger partial charge on any atom is 0.103 e. The van der Waals surface area contributed by atoms with Crippen molar-refractivity contribution in [3.8, 4) is 0 Å². The van der Waals surface area contributed by atoms with Crippen molar-refractivity contribution in [1.82, 2.24) is 0 Å². The molecule has 2 unspecified atom stereocenters. The van der Waals surface area contributed by atoms with Crippen molar-refractivity contribution in [1.29, 1.82) is 0 Å². The summed E-state index contributed by atoms with van der Waals surface area (Å²) in [4.78, 5) is 0. The molecule has 0 aliphatic heterocycles. The normalized spacial score (nSPS) is 45.0. The van der Waals surface area contributed by atoms with Gasteiger partial charge in [-0.15, -0.1) is 0 Å². The van der Waals surface area contributed by atoms with Crippen LogP contribution in [0.2, 0.25) is 0 Å². The third-order valence-electron chi connectivity index (χ3n) is 1.83. The molecule has 0 aromatic heterocycles. The lowest BCUT2D eigenvalue weighted by Crippen LogP contribution is -2.22. The Morgan fingerprint density at radius 2 is 1.44 bits per heavy atom. The average Bonchev–Trinajstić information content (AvgIpc) is 1.59. The Morgan fingerprint density at radius 1 is 1.00 bits per heavy atom. The van der Waals surface area contributed by atoms with Crippen LogP contribution in [0.3, 0.4) is 0 Å². The van der Waals surface area contributed by atoms with E-state index in [1.807, 2.05) is 6.92 Å². The predicted octanol–water partition coefficient (Wildman–Crippen LogP) is 2.48. The van der Waals surface area contributed by atoms with Crippen LogP contribution in [-0.4, -0.2) is 12.3 Å². The molecule has 54 valence electrons. The minimum absolute atomic E-state index is 0.129. The van der Waals surface area contributed by atoms with Crippen LogP contribution in [0.1, 0.15) is 26.2 Å². The molecular weight excluding hydrogens is 122 g/mol. The summed E-state index contributed by atoms with van der Waals surface area (Å²) in [7, 11) is 0. The van der Waals surface area contributed by atoms with Gasteiger partial charge in [-0.05, 0) is 18.8 Å².